The highest BCUT2D eigenvalue weighted by atomic mass is 35.5. The second-order valence-corrected chi connectivity index (χ2v) is 7.10. The Kier molecular flexibility index (Phi) is 5.30. The van der Waals surface area contributed by atoms with Gasteiger partial charge in [-0.2, -0.15) is 5.26 Å². The van der Waals surface area contributed by atoms with E-state index >= 15 is 0 Å². The molecule has 23 heavy (non-hydrogen) atoms. The Morgan fingerprint density at radius 2 is 1.91 bits per heavy atom. The molecule has 0 heterocycles. The van der Waals surface area contributed by atoms with Gasteiger partial charge in [-0.05, 0) is 48.2 Å². The standard InChI is InChI=1S/C17H17ClN2O2S/c1-3-13-8-9-16(18)15(4-2)17(13)20-23(21,22)14-7-5-6-12(10-14)11-19/h5-10,20H,3-4H2,1-2H3. The molecule has 6 heteroatoms. The van der Waals surface area contributed by atoms with E-state index in [-0.39, 0.29) is 4.90 Å². The molecule has 2 aromatic rings. The van der Waals surface area contributed by atoms with Crippen LogP contribution in [0.5, 0.6) is 0 Å². The molecule has 0 saturated heterocycles. The lowest BCUT2D eigenvalue weighted by Crippen LogP contribution is -2.16. The first kappa shape index (κ1) is 17.3. The summed E-state index contributed by atoms with van der Waals surface area (Å²) in [5, 5.41) is 9.47. The summed E-state index contributed by atoms with van der Waals surface area (Å²) in [5.41, 5.74) is 2.48. The molecule has 0 bridgehead atoms. The summed E-state index contributed by atoms with van der Waals surface area (Å²) in [6.07, 6.45) is 1.29. The van der Waals surface area contributed by atoms with E-state index in [9.17, 15) is 8.42 Å². The van der Waals surface area contributed by atoms with Crippen LogP contribution in [-0.4, -0.2) is 8.42 Å². The zero-order valence-corrected chi connectivity index (χ0v) is 14.5. The topological polar surface area (TPSA) is 70.0 Å². The summed E-state index contributed by atoms with van der Waals surface area (Å²) in [6, 6.07) is 11.5. The number of hydrogen-bond donors (Lipinski definition) is 1. The van der Waals surface area contributed by atoms with E-state index in [4.69, 9.17) is 16.9 Å². The zero-order valence-electron chi connectivity index (χ0n) is 12.9. The maximum Gasteiger partial charge on any atom is 0.261 e. The first-order chi connectivity index (χ1) is 10.9. The quantitative estimate of drug-likeness (QED) is 0.882. The van der Waals surface area contributed by atoms with Crippen molar-refractivity contribution in [3.63, 3.8) is 0 Å². The lowest BCUT2D eigenvalue weighted by molar-refractivity contribution is 0.601. The first-order valence-electron chi connectivity index (χ1n) is 7.26. The van der Waals surface area contributed by atoms with Crippen LogP contribution in [0, 0.1) is 11.3 Å². The summed E-state index contributed by atoms with van der Waals surface area (Å²) in [6.45, 7) is 3.88. The van der Waals surface area contributed by atoms with E-state index in [1.807, 2.05) is 26.0 Å². The molecule has 2 rings (SSSR count). The van der Waals surface area contributed by atoms with Crippen molar-refractivity contribution < 1.29 is 8.42 Å². The number of nitriles is 1. The number of benzene rings is 2. The molecule has 0 amide bonds. The number of rotatable bonds is 5. The third kappa shape index (κ3) is 3.66. The molecule has 0 fully saturated rings. The molecule has 1 N–H and O–H groups in total. The van der Waals surface area contributed by atoms with Gasteiger partial charge in [-0.15, -0.1) is 0 Å². The summed E-state index contributed by atoms with van der Waals surface area (Å²) < 4.78 is 28.0. The Morgan fingerprint density at radius 3 is 2.52 bits per heavy atom. The molecule has 2 aromatic carbocycles. The maximum absolute atomic E-state index is 12.7. The lowest BCUT2D eigenvalue weighted by Gasteiger charge is -2.17. The average Bonchev–Trinajstić information content (AvgIpc) is 2.55. The van der Waals surface area contributed by atoms with E-state index in [0.29, 0.717) is 29.1 Å². The summed E-state index contributed by atoms with van der Waals surface area (Å²) in [5.74, 6) is 0. The number of sulfonamides is 1. The molecule has 0 atom stereocenters. The molecular formula is C17H17ClN2O2S. The van der Waals surface area contributed by atoms with Crippen LogP contribution < -0.4 is 4.72 Å². The third-order valence-corrected chi connectivity index (χ3v) is 5.29. The SMILES string of the molecule is CCc1ccc(Cl)c(CC)c1NS(=O)(=O)c1cccc(C#N)c1. The predicted octanol–water partition coefficient (Wildman–Crippen LogP) is 4.14. The fourth-order valence-electron chi connectivity index (χ4n) is 2.36. The van der Waals surface area contributed by atoms with Crippen LogP contribution in [0.2, 0.25) is 5.02 Å². The van der Waals surface area contributed by atoms with Gasteiger partial charge in [0.1, 0.15) is 0 Å². The van der Waals surface area contributed by atoms with Crippen LogP contribution in [0.3, 0.4) is 0 Å². The Balaban J connectivity index is 2.53. The van der Waals surface area contributed by atoms with Gasteiger partial charge in [0.25, 0.3) is 10.0 Å². The fraction of sp³-hybridized carbons (Fsp3) is 0.235. The second-order valence-electron chi connectivity index (χ2n) is 5.01. The summed E-state index contributed by atoms with van der Waals surface area (Å²) >= 11 is 6.20. The van der Waals surface area contributed by atoms with Gasteiger partial charge in [0.15, 0.2) is 0 Å². The summed E-state index contributed by atoms with van der Waals surface area (Å²) in [7, 11) is -3.79. The van der Waals surface area contributed by atoms with Gasteiger partial charge in [-0.3, -0.25) is 4.72 Å². The van der Waals surface area contributed by atoms with Crippen molar-refractivity contribution in [3.8, 4) is 6.07 Å². The van der Waals surface area contributed by atoms with Gasteiger partial charge in [0, 0.05) is 5.02 Å². The number of halogens is 1. The molecule has 0 aromatic heterocycles. The molecule has 0 aliphatic rings. The molecule has 0 unspecified atom stereocenters. The molecule has 0 spiro atoms. The number of nitrogens with one attached hydrogen (secondary N) is 1. The van der Waals surface area contributed by atoms with E-state index in [0.717, 1.165) is 11.1 Å². The Hall–Kier alpha value is -2.03. The van der Waals surface area contributed by atoms with Crippen molar-refractivity contribution in [2.45, 2.75) is 31.6 Å². The van der Waals surface area contributed by atoms with Gasteiger partial charge in [0.05, 0.1) is 22.2 Å². The fourth-order valence-corrected chi connectivity index (χ4v) is 3.84. The lowest BCUT2D eigenvalue weighted by atomic mass is 10.0. The minimum absolute atomic E-state index is 0.0561. The van der Waals surface area contributed by atoms with Crippen LogP contribution in [0.25, 0.3) is 0 Å². The van der Waals surface area contributed by atoms with Gasteiger partial charge >= 0.3 is 0 Å². The van der Waals surface area contributed by atoms with Crippen molar-refractivity contribution in [3.05, 3.63) is 58.1 Å². The number of hydrogen-bond acceptors (Lipinski definition) is 3. The Labute approximate surface area is 141 Å². The van der Waals surface area contributed by atoms with Gasteiger partial charge < -0.3 is 0 Å². The van der Waals surface area contributed by atoms with Crippen LogP contribution in [0.4, 0.5) is 5.69 Å². The largest absolute Gasteiger partial charge is 0.279 e. The number of anilines is 1. The van der Waals surface area contributed by atoms with E-state index < -0.39 is 10.0 Å². The highest BCUT2D eigenvalue weighted by Gasteiger charge is 2.19. The molecular weight excluding hydrogens is 332 g/mol. The van der Waals surface area contributed by atoms with Gasteiger partial charge in [-0.1, -0.05) is 37.6 Å². The van der Waals surface area contributed by atoms with Crippen molar-refractivity contribution in [2.75, 3.05) is 4.72 Å². The van der Waals surface area contributed by atoms with Crippen molar-refractivity contribution >= 4 is 27.3 Å². The first-order valence-corrected chi connectivity index (χ1v) is 9.12. The smallest absolute Gasteiger partial charge is 0.261 e. The Morgan fingerprint density at radius 1 is 1.17 bits per heavy atom. The van der Waals surface area contributed by atoms with Crippen molar-refractivity contribution in [1.82, 2.24) is 0 Å². The van der Waals surface area contributed by atoms with E-state index in [1.165, 1.54) is 12.1 Å². The minimum Gasteiger partial charge on any atom is -0.279 e. The maximum atomic E-state index is 12.7. The molecule has 120 valence electrons. The van der Waals surface area contributed by atoms with Gasteiger partial charge in [-0.25, -0.2) is 8.42 Å². The Bertz CT molecular complexity index is 871. The van der Waals surface area contributed by atoms with E-state index in [2.05, 4.69) is 4.72 Å². The highest BCUT2D eigenvalue weighted by molar-refractivity contribution is 7.92. The molecule has 0 aliphatic heterocycles. The van der Waals surface area contributed by atoms with Crippen LogP contribution in [0.1, 0.15) is 30.5 Å². The second kappa shape index (κ2) is 7.03. The molecule has 0 aliphatic carbocycles. The van der Waals surface area contributed by atoms with E-state index in [1.54, 1.807) is 18.2 Å². The van der Waals surface area contributed by atoms with Gasteiger partial charge in [0.2, 0.25) is 0 Å². The number of aryl methyl sites for hydroxylation is 1. The molecule has 0 saturated carbocycles. The molecule has 4 nitrogen and oxygen atoms in total. The molecule has 0 radical (unpaired) electrons. The highest BCUT2D eigenvalue weighted by Crippen LogP contribution is 2.31. The summed E-state index contributed by atoms with van der Waals surface area (Å²) in [4.78, 5) is 0.0561. The third-order valence-electron chi connectivity index (χ3n) is 3.59. The zero-order chi connectivity index (χ0) is 17.0. The van der Waals surface area contributed by atoms with Crippen LogP contribution in [0.15, 0.2) is 41.3 Å². The van der Waals surface area contributed by atoms with Crippen LogP contribution >= 0.6 is 11.6 Å². The predicted molar refractivity (Wildman–Crippen MR) is 92.2 cm³/mol. The number of nitrogens with zero attached hydrogens (tertiary/aromatic N) is 1. The normalized spacial score (nSPS) is 11.0. The van der Waals surface area contributed by atoms with Crippen molar-refractivity contribution in [1.29, 1.82) is 5.26 Å². The average molecular weight is 349 g/mol. The van der Waals surface area contributed by atoms with Crippen LogP contribution in [-0.2, 0) is 22.9 Å². The van der Waals surface area contributed by atoms with Crippen molar-refractivity contribution in [2.24, 2.45) is 0 Å². The monoisotopic (exact) mass is 348 g/mol. The minimum atomic E-state index is -3.79.